The van der Waals surface area contributed by atoms with E-state index in [0.29, 0.717) is 0 Å². The molecule has 0 aliphatic rings. The number of carbonyl (C=O) groups excluding carboxylic acids is 1. The minimum Gasteiger partial charge on any atom is -0.504 e. The topological polar surface area (TPSA) is 113 Å². The summed E-state index contributed by atoms with van der Waals surface area (Å²) in [4.78, 5) is 11.3. The quantitative estimate of drug-likeness (QED) is 0.443. The number of benzene rings is 1. The predicted octanol–water partition coefficient (Wildman–Crippen LogP) is 0.236. The summed E-state index contributed by atoms with van der Waals surface area (Å²) >= 11 is 0. The van der Waals surface area contributed by atoms with Crippen molar-refractivity contribution < 1.29 is 24.9 Å². The smallest absolute Gasteiger partial charge is 0.323 e. The minimum absolute atomic E-state index is 0.0124. The Morgan fingerprint density at radius 1 is 1.35 bits per heavy atom. The van der Waals surface area contributed by atoms with Crippen molar-refractivity contribution in [3.63, 3.8) is 0 Å². The van der Waals surface area contributed by atoms with E-state index >= 15 is 0 Å². The van der Waals surface area contributed by atoms with Crippen molar-refractivity contribution in [1.82, 2.24) is 0 Å². The standard InChI is InChI=1S/C11H15NO5/c1-2-17-11(16)7(12)5-6-3-4-8(13)10(15)9(6)14/h3-4,7,13-15H,2,5,12H2,1H3. The molecule has 0 radical (unpaired) electrons. The van der Waals surface area contributed by atoms with Crippen LogP contribution in [0.15, 0.2) is 12.1 Å². The van der Waals surface area contributed by atoms with Crippen molar-refractivity contribution >= 4 is 5.97 Å². The molecule has 0 saturated heterocycles. The monoisotopic (exact) mass is 241 g/mol. The summed E-state index contributed by atoms with van der Waals surface area (Å²) in [5, 5.41) is 27.9. The van der Waals surface area contributed by atoms with Crippen LogP contribution in [0.5, 0.6) is 17.2 Å². The Bertz CT molecular complexity index is 419. The van der Waals surface area contributed by atoms with Gasteiger partial charge in [0.25, 0.3) is 0 Å². The number of hydrogen-bond donors (Lipinski definition) is 4. The van der Waals surface area contributed by atoms with E-state index in [0.717, 1.165) is 0 Å². The summed E-state index contributed by atoms with van der Waals surface area (Å²) in [6, 6.07) is 1.66. The van der Waals surface area contributed by atoms with E-state index in [1.807, 2.05) is 0 Å². The Morgan fingerprint density at radius 2 is 2.00 bits per heavy atom. The van der Waals surface area contributed by atoms with Crippen LogP contribution in [-0.4, -0.2) is 33.9 Å². The predicted molar refractivity (Wildman–Crippen MR) is 59.7 cm³/mol. The average Bonchev–Trinajstić information content (AvgIpc) is 2.30. The van der Waals surface area contributed by atoms with Crippen LogP contribution < -0.4 is 5.73 Å². The van der Waals surface area contributed by atoms with E-state index in [1.165, 1.54) is 12.1 Å². The molecule has 94 valence electrons. The van der Waals surface area contributed by atoms with Crippen molar-refractivity contribution in [3.8, 4) is 17.2 Å². The number of ether oxygens (including phenoxy) is 1. The molecule has 17 heavy (non-hydrogen) atoms. The fourth-order valence-corrected chi connectivity index (χ4v) is 1.35. The van der Waals surface area contributed by atoms with Crippen molar-refractivity contribution in [2.45, 2.75) is 19.4 Å². The van der Waals surface area contributed by atoms with Gasteiger partial charge in [-0.15, -0.1) is 0 Å². The van der Waals surface area contributed by atoms with E-state index in [2.05, 4.69) is 0 Å². The number of hydrogen-bond acceptors (Lipinski definition) is 6. The molecule has 0 heterocycles. The molecule has 6 nitrogen and oxygen atoms in total. The zero-order chi connectivity index (χ0) is 13.0. The zero-order valence-electron chi connectivity index (χ0n) is 9.38. The van der Waals surface area contributed by atoms with Crippen LogP contribution in [0.3, 0.4) is 0 Å². The molecule has 1 unspecified atom stereocenters. The Labute approximate surface area is 98.3 Å². The second-order valence-corrected chi connectivity index (χ2v) is 3.50. The highest BCUT2D eigenvalue weighted by Gasteiger charge is 2.19. The molecule has 1 atom stereocenters. The summed E-state index contributed by atoms with van der Waals surface area (Å²) in [5.41, 5.74) is 5.83. The van der Waals surface area contributed by atoms with Crippen LogP contribution in [-0.2, 0) is 16.0 Å². The fraction of sp³-hybridized carbons (Fsp3) is 0.364. The number of rotatable bonds is 4. The highest BCUT2D eigenvalue weighted by molar-refractivity contribution is 5.76. The lowest BCUT2D eigenvalue weighted by molar-refractivity contribution is -0.144. The fourth-order valence-electron chi connectivity index (χ4n) is 1.35. The molecular formula is C11H15NO5. The maximum absolute atomic E-state index is 11.3. The SMILES string of the molecule is CCOC(=O)C(N)Cc1ccc(O)c(O)c1O. The zero-order valence-corrected chi connectivity index (χ0v) is 9.38. The minimum atomic E-state index is -0.926. The van der Waals surface area contributed by atoms with Crippen molar-refractivity contribution in [2.24, 2.45) is 5.73 Å². The first kappa shape index (κ1) is 13.1. The third-order valence-corrected chi connectivity index (χ3v) is 2.24. The van der Waals surface area contributed by atoms with Crippen LogP contribution in [0, 0.1) is 0 Å². The normalized spacial score (nSPS) is 12.1. The number of esters is 1. The highest BCUT2D eigenvalue weighted by atomic mass is 16.5. The van der Waals surface area contributed by atoms with Gasteiger partial charge in [0.1, 0.15) is 6.04 Å². The third-order valence-electron chi connectivity index (χ3n) is 2.24. The van der Waals surface area contributed by atoms with E-state index in [4.69, 9.17) is 15.6 Å². The Balaban J connectivity index is 2.82. The third kappa shape index (κ3) is 3.01. The van der Waals surface area contributed by atoms with Gasteiger partial charge >= 0.3 is 5.97 Å². The lowest BCUT2D eigenvalue weighted by Gasteiger charge is -2.12. The number of phenols is 3. The molecule has 0 fully saturated rings. The maximum Gasteiger partial charge on any atom is 0.323 e. The van der Waals surface area contributed by atoms with E-state index in [9.17, 15) is 15.0 Å². The Kier molecular flexibility index (Phi) is 4.17. The van der Waals surface area contributed by atoms with Crippen LogP contribution in [0.1, 0.15) is 12.5 Å². The molecule has 0 amide bonds. The van der Waals surface area contributed by atoms with Gasteiger partial charge in [-0.25, -0.2) is 0 Å². The second kappa shape index (κ2) is 5.40. The van der Waals surface area contributed by atoms with Crippen molar-refractivity contribution in [2.75, 3.05) is 6.61 Å². The molecule has 1 aromatic carbocycles. The van der Waals surface area contributed by atoms with Gasteiger partial charge in [-0.2, -0.15) is 0 Å². The molecule has 0 aliphatic carbocycles. The largest absolute Gasteiger partial charge is 0.504 e. The van der Waals surface area contributed by atoms with Gasteiger partial charge in [0.15, 0.2) is 11.5 Å². The summed E-state index contributed by atoms with van der Waals surface area (Å²) < 4.78 is 4.71. The molecule has 0 spiro atoms. The first-order valence-corrected chi connectivity index (χ1v) is 5.12. The molecule has 1 rings (SSSR count). The summed E-state index contributed by atoms with van der Waals surface area (Å²) in [7, 11) is 0. The number of phenolic OH excluding ortho intramolecular Hbond substituents is 3. The molecular weight excluding hydrogens is 226 g/mol. The molecule has 0 aromatic heterocycles. The Morgan fingerprint density at radius 3 is 2.59 bits per heavy atom. The summed E-state index contributed by atoms with van der Waals surface area (Å²) in [6.07, 6.45) is 0.0124. The van der Waals surface area contributed by atoms with E-state index < -0.39 is 29.3 Å². The van der Waals surface area contributed by atoms with Gasteiger partial charge in [-0.1, -0.05) is 6.07 Å². The average molecular weight is 241 g/mol. The van der Waals surface area contributed by atoms with E-state index in [1.54, 1.807) is 6.92 Å². The Hall–Kier alpha value is -1.95. The van der Waals surface area contributed by atoms with Crippen LogP contribution in [0.25, 0.3) is 0 Å². The van der Waals surface area contributed by atoms with Crippen molar-refractivity contribution in [1.29, 1.82) is 0 Å². The number of aromatic hydroxyl groups is 3. The first-order valence-electron chi connectivity index (χ1n) is 5.12. The van der Waals surface area contributed by atoms with Gasteiger partial charge in [-0.05, 0) is 13.0 Å². The van der Waals surface area contributed by atoms with Gasteiger partial charge in [-0.3, -0.25) is 4.79 Å². The van der Waals surface area contributed by atoms with Crippen LogP contribution in [0.4, 0.5) is 0 Å². The second-order valence-electron chi connectivity index (χ2n) is 3.50. The lowest BCUT2D eigenvalue weighted by atomic mass is 10.0. The highest BCUT2D eigenvalue weighted by Crippen LogP contribution is 2.37. The maximum atomic E-state index is 11.3. The molecule has 0 bridgehead atoms. The van der Waals surface area contributed by atoms with E-state index in [-0.39, 0.29) is 18.6 Å². The lowest BCUT2D eigenvalue weighted by Crippen LogP contribution is -2.34. The van der Waals surface area contributed by atoms with Gasteiger partial charge in [0.2, 0.25) is 5.75 Å². The summed E-state index contributed by atoms with van der Waals surface area (Å²) in [6.45, 7) is 1.88. The molecule has 6 heteroatoms. The van der Waals surface area contributed by atoms with Crippen molar-refractivity contribution in [3.05, 3.63) is 17.7 Å². The van der Waals surface area contributed by atoms with Gasteiger partial charge in [0.05, 0.1) is 6.61 Å². The number of carbonyl (C=O) groups is 1. The molecule has 0 aliphatic heterocycles. The van der Waals surface area contributed by atoms with Gasteiger partial charge < -0.3 is 25.8 Å². The number of nitrogens with two attached hydrogens (primary N) is 1. The molecule has 1 aromatic rings. The molecule has 5 N–H and O–H groups in total. The van der Waals surface area contributed by atoms with Crippen LogP contribution >= 0.6 is 0 Å². The molecule has 0 saturated carbocycles. The summed E-state index contributed by atoms with van der Waals surface area (Å²) in [5.74, 6) is -2.13. The first-order chi connectivity index (χ1) is 7.97. The van der Waals surface area contributed by atoms with Gasteiger partial charge in [0, 0.05) is 12.0 Å². The van der Waals surface area contributed by atoms with Crippen LogP contribution in [0.2, 0.25) is 0 Å².